The number of rotatable bonds is 5. The van der Waals surface area contributed by atoms with Crippen LogP contribution < -0.4 is 5.73 Å². The number of benzene rings is 1. The molecule has 0 fully saturated rings. The van der Waals surface area contributed by atoms with Crippen molar-refractivity contribution in [2.75, 3.05) is 11.5 Å². The SMILES string of the molecule is CCC(C)CS(=O)(=O)Cc1cc(F)ccc1N. The fraction of sp³-hybridized carbons (Fsp3) is 0.500. The van der Waals surface area contributed by atoms with E-state index in [-0.39, 0.29) is 17.4 Å². The maximum absolute atomic E-state index is 13.0. The summed E-state index contributed by atoms with van der Waals surface area (Å²) in [6.45, 7) is 3.82. The molecule has 0 bridgehead atoms. The molecule has 5 heteroatoms. The Labute approximate surface area is 102 Å². The molecule has 17 heavy (non-hydrogen) atoms. The van der Waals surface area contributed by atoms with E-state index in [9.17, 15) is 12.8 Å². The normalized spacial score (nSPS) is 13.6. The van der Waals surface area contributed by atoms with Gasteiger partial charge >= 0.3 is 0 Å². The van der Waals surface area contributed by atoms with E-state index in [0.29, 0.717) is 11.3 Å². The van der Waals surface area contributed by atoms with Gasteiger partial charge < -0.3 is 5.73 Å². The highest BCUT2D eigenvalue weighted by atomic mass is 32.2. The first-order chi connectivity index (χ1) is 7.84. The predicted molar refractivity (Wildman–Crippen MR) is 67.8 cm³/mol. The second kappa shape index (κ2) is 5.49. The Hall–Kier alpha value is -1.10. The third kappa shape index (κ3) is 4.34. The molecule has 0 radical (unpaired) electrons. The van der Waals surface area contributed by atoms with Crippen molar-refractivity contribution in [3.63, 3.8) is 0 Å². The Morgan fingerprint density at radius 1 is 1.41 bits per heavy atom. The van der Waals surface area contributed by atoms with Crippen molar-refractivity contribution < 1.29 is 12.8 Å². The molecule has 1 rings (SSSR count). The van der Waals surface area contributed by atoms with Gasteiger partial charge in [-0.1, -0.05) is 20.3 Å². The highest BCUT2D eigenvalue weighted by molar-refractivity contribution is 7.90. The van der Waals surface area contributed by atoms with E-state index < -0.39 is 15.7 Å². The molecule has 0 saturated heterocycles. The first kappa shape index (κ1) is 14.0. The molecule has 1 atom stereocenters. The summed E-state index contributed by atoms with van der Waals surface area (Å²) < 4.78 is 36.7. The zero-order chi connectivity index (χ0) is 13.1. The van der Waals surface area contributed by atoms with E-state index >= 15 is 0 Å². The van der Waals surface area contributed by atoms with Gasteiger partial charge in [-0.25, -0.2) is 12.8 Å². The molecule has 0 aliphatic carbocycles. The Balaban J connectivity index is 2.86. The summed E-state index contributed by atoms with van der Waals surface area (Å²) in [7, 11) is -3.23. The minimum absolute atomic E-state index is 0.106. The zero-order valence-electron chi connectivity index (χ0n) is 10.1. The summed E-state index contributed by atoms with van der Waals surface area (Å²) in [6, 6.07) is 3.80. The third-order valence-corrected chi connectivity index (χ3v) is 4.54. The van der Waals surface area contributed by atoms with E-state index in [1.807, 2.05) is 13.8 Å². The molecule has 0 saturated carbocycles. The van der Waals surface area contributed by atoms with Crippen molar-refractivity contribution in [1.29, 1.82) is 0 Å². The van der Waals surface area contributed by atoms with Gasteiger partial charge in [-0.05, 0) is 29.7 Å². The number of hydrogen-bond donors (Lipinski definition) is 1. The van der Waals surface area contributed by atoms with E-state index in [0.717, 1.165) is 6.42 Å². The lowest BCUT2D eigenvalue weighted by molar-refractivity contribution is 0.563. The molecular formula is C12H18FNO2S. The number of sulfone groups is 1. The van der Waals surface area contributed by atoms with Crippen molar-refractivity contribution >= 4 is 15.5 Å². The van der Waals surface area contributed by atoms with Crippen molar-refractivity contribution in [2.45, 2.75) is 26.0 Å². The summed E-state index contributed by atoms with van der Waals surface area (Å²) in [5.41, 5.74) is 6.29. The van der Waals surface area contributed by atoms with Crippen molar-refractivity contribution in [1.82, 2.24) is 0 Å². The minimum atomic E-state index is -3.23. The molecule has 0 aliphatic rings. The van der Waals surface area contributed by atoms with Crippen LogP contribution in [0.5, 0.6) is 0 Å². The monoisotopic (exact) mass is 259 g/mol. The van der Waals surface area contributed by atoms with Crippen LogP contribution in [0.15, 0.2) is 18.2 Å². The lowest BCUT2D eigenvalue weighted by Crippen LogP contribution is -2.16. The molecule has 0 amide bonds. The van der Waals surface area contributed by atoms with Gasteiger partial charge in [0.25, 0.3) is 0 Å². The van der Waals surface area contributed by atoms with Crippen LogP contribution in [0.4, 0.5) is 10.1 Å². The molecule has 1 unspecified atom stereocenters. The summed E-state index contributed by atoms with van der Waals surface area (Å²) >= 11 is 0. The van der Waals surface area contributed by atoms with Crippen LogP contribution in [0.2, 0.25) is 0 Å². The lowest BCUT2D eigenvalue weighted by atomic mass is 10.2. The maximum Gasteiger partial charge on any atom is 0.154 e. The highest BCUT2D eigenvalue weighted by Gasteiger charge is 2.17. The molecule has 0 aliphatic heterocycles. The largest absolute Gasteiger partial charge is 0.398 e. The van der Waals surface area contributed by atoms with E-state index in [1.165, 1.54) is 18.2 Å². The number of hydrogen-bond acceptors (Lipinski definition) is 3. The molecule has 2 N–H and O–H groups in total. The van der Waals surface area contributed by atoms with Gasteiger partial charge in [0.05, 0.1) is 11.5 Å². The first-order valence-corrected chi connectivity index (χ1v) is 7.40. The van der Waals surface area contributed by atoms with Crippen LogP contribution in [-0.4, -0.2) is 14.2 Å². The molecule has 1 aromatic carbocycles. The fourth-order valence-electron chi connectivity index (χ4n) is 1.55. The molecule has 0 aromatic heterocycles. The van der Waals surface area contributed by atoms with Crippen LogP contribution in [0.25, 0.3) is 0 Å². The minimum Gasteiger partial charge on any atom is -0.398 e. The number of halogens is 1. The molecule has 96 valence electrons. The Bertz CT molecular complexity index is 485. The fourth-order valence-corrected chi connectivity index (χ4v) is 3.49. The summed E-state index contributed by atoms with van der Waals surface area (Å²) in [6.07, 6.45) is 0.803. The zero-order valence-corrected chi connectivity index (χ0v) is 10.9. The van der Waals surface area contributed by atoms with Crippen molar-refractivity contribution in [2.24, 2.45) is 5.92 Å². The van der Waals surface area contributed by atoms with E-state index in [4.69, 9.17) is 5.73 Å². The van der Waals surface area contributed by atoms with Crippen LogP contribution in [0.3, 0.4) is 0 Å². The molecule has 0 spiro atoms. The predicted octanol–water partition coefficient (Wildman–Crippen LogP) is 2.37. The summed E-state index contributed by atoms with van der Waals surface area (Å²) in [5, 5.41) is 0. The van der Waals surface area contributed by atoms with Gasteiger partial charge in [0.1, 0.15) is 5.82 Å². The highest BCUT2D eigenvalue weighted by Crippen LogP contribution is 2.18. The van der Waals surface area contributed by atoms with Gasteiger partial charge in [-0.15, -0.1) is 0 Å². The van der Waals surface area contributed by atoms with Gasteiger partial charge in [0.15, 0.2) is 9.84 Å². The number of nitrogens with two attached hydrogens (primary N) is 1. The average Bonchev–Trinajstić information content (AvgIpc) is 2.22. The topological polar surface area (TPSA) is 60.2 Å². The standard InChI is InChI=1S/C12H18FNO2S/c1-3-9(2)7-17(15,16)8-10-6-11(13)4-5-12(10)14/h4-6,9H,3,7-8,14H2,1-2H3. The van der Waals surface area contributed by atoms with Crippen molar-refractivity contribution in [3.8, 4) is 0 Å². The molecular weight excluding hydrogens is 241 g/mol. The molecule has 1 aromatic rings. The first-order valence-electron chi connectivity index (χ1n) is 5.58. The Morgan fingerprint density at radius 3 is 2.65 bits per heavy atom. The van der Waals surface area contributed by atoms with E-state index in [1.54, 1.807) is 0 Å². The van der Waals surface area contributed by atoms with Crippen LogP contribution >= 0.6 is 0 Å². The summed E-state index contributed by atoms with van der Waals surface area (Å²) in [4.78, 5) is 0. The maximum atomic E-state index is 13.0. The molecule has 3 nitrogen and oxygen atoms in total. The van der Waals surface area contributed by atoms with Gasteiger partial charge in [-0.3, -0.25) is 0 Å². The Kier molecular flexibility index (Phi) is 4.51. The number of nitrogen functional groups attached to an aromatic ring is 1. The molecule has 0 heterocycles. The third-order valence-electron chi connectivity index (χ3n) is 2.72. The smallest absolute Gasteiger partial charge is 0.154 e. The van der Waals surface area contributed by atoms with Gasteiger partial charge in [-0.2, -0.15) is 0 Å². The lowest BCUT2D eigenvalue weighted by Gasteiger charge is -2.11. The van der Waals surface area contributed by atoms with Crippen LogP contribution in [0, 0.1) is 11.7 Å². The van der Waals surface area contributed by atoms with E-state index in [2.05, 4.69) is 0 Å². The van der Waals surface area contributed by atoms with Crippen LogP contribution in [0.1, 0.15) is 25.8 Å². The van der Waals surface area contributed by atoms with Crippen molar-refractivity contribution in [3.05, 3.63) is 29.6 Å². The van der Waals surface area contributed by atoms with Gasteiger partial charge in [0.2, 0.25) is 0 Å². The average molecular weight is 259 g/mol. The Morgan fingerprint density at radius 2 is 2.06 bits per heavy atom. The van der Waals surface area contributed by atoms with Gasteiger partial charge in [0, 0.05) is 5.69 Å². The second-order valence-electron chi connectivity index (χ2n) is 4.41. The number of anilines is 1. The quantitative estimate of drug-likeness (QED) is 0.826. The summed E-state index contributed by atoms with van der Waals surface area (Å²) in [5.74, 6) is -0.442. The van der Waals surface area contributed by atoms with Crippen LogP contribution in [-0.2, 0) is 15.6 Å². The second-order valence-corrected chi connectivity index (χ2v) is 6.52.